The first kappa shape index (κ1) is 39.6. The predicted molar refractivity (Wildman–Crippen MR) is 193 cm³/mol. The van der Waals surface area contributed by atoms with E-state index in [0.29, 0.717) is 24.0 Å². The number of nitro groups is 2. The van der Waals surface area contributed by atoms with Crippen molar-refractivity contribution in [1.29, 1.82) is 0 Å². The molecule has 0 aliphatic carbocycles. The van der Waals surface area contributed by atoms with E-state index in [-0.39, 0.29) is 34.3 Å². The van der Waals surface area contributed by atoms with Gasteiger partial charge in [-0.25, -0.2) is 16.8 Å². The molecule has 18 heteroatoms. The zero-order valence-corrected chi connectivity index (χ0v) is 30.7. The fourth-order valence-corrected chi connectivity index (χ4v) is 10.0. The van der Waals surface area contributed by atoms with E-state index < -0.39 is 65.8 Å². The van der Waals surface area contributed by atoms with Crippen LogP contribution in [0.1, 0.15) is 36.1 Å². The number of hydrogen-bond donors (Lipinski definition) is 0. The number of carbonyl (C=O) groups excluding carboxylic acids is 2. The highest BCUT2D eigenvalue weighted by atomic mass is 32.2. The molecule has 0 spiro atoms. The van der Waals surface area contributed by atoms with Crippen LogP contribution in [0.25, 0.3) is 0 Å². The minimum atomic E-state index is -3.95. The lowest BCUT2D eigenvalue weighted by molar-refractivity contribution is -0.385. The monoisotopic (exact) mass is 780 g/mol. The third-order valence-electron chi connectivity index (χ3n) is 9.30. The summed E-state index contributed by atoms with van der Waals surface area (Å²) in [5.74, 6) is -2.18. The predicted octanol–water partition coefficient (Wildman–Crippen LogP) is 5.04. The summed E-state index contributed by atoms with van der Waals surface area (Å²) in [7, 11) is -5.35. The quantitative estimate of drug-likeness (QED) is 0.118. The number of nitrogens with zero attached hydrogens (tertiary/aromatic N) is 4. The Hall–Kier alpha value is -5.56. The van der Waals surface area contributed by atoms with Gasteiger partial charge in [-0.15, -0.1) is 0 Å². The van der Waals surface area contributed by atoms with Crippen molar-refractivity contribution in [2.24, 2.45) is 11.8 Å². The van der Waals surface area contributed by atoms with E-state index in [1.807, 2.05) is 0 Å². The van der Waals surface area contributed by atoms with Crippen LogP contribution in [0.4, 0.5) is 11.4 Å². The van der Waals surface area contributed by atoms with Gasteiger partial charge in [-0.05, 0) is 48.2 Å². The molecular weight excluding hydrogens is 745 g/mol. The summed E-state index contributed by atoms with van der Waals surface area (Å²) >= 11 is 0. The standard InChI is InChI=1S/2C18H18N2O6S/c2*1-26-18(21)16-11-12-19(17(16)13-5-3-2-4-6-13)27(24,25)15-9-7-14(8-10-15)20(22)23/h2*2-10,16-17H,11-12H2,1H3/t2*16-,17+/m10/s1. The summed E-state index contributed by atoms with van der Waals surface area (Å²) in [6, 6.07) is 25.8. The van der Waals surface area contributed by atoms with Gasteiger partial charge in [0.2, 0.25) is 20.0 Å². The minimum absolute atomic E-state index is 0.0560. The van der Waals surface area contributed by atoms with Crippen LogP contribution >= 0.6 is 0 Å². The van der Waals surface area contributed by atoms with Crippen LogP contribution in [0, 0.1) is 32.1 Å². The maximum atomic E-state index is 13.2. The molecule has 0 bridgehead atoms. The Morgan fingerprint density at radius 3 is 1.17 bits per heavy atom. The van der Waals surface area contributed by atoms with Gasteiger partial charge in [0.05, 0.1) is 57.8 Å². The molecule has 6 rings (SSSR count). The van der Waals surface area contributed by atoms with Gasteiger partial charge in [0.25, 0.3) is 11.4 Å². The van der Waals surface area contributed by atoms with Gasteiger partial charge < -0.3 is 9.47 Å². The van der Waals surface area contributed by atoms with Gasteiger partial charge in [-0.3, -0.25) is 29.8 Å². The molecule has 0 amide bonds. The number of methoxy groups -OCH3 is 2. The SMILES string of the molecule is COC(=O)[C@@H]1CCN(S(=O)(=O)c2ccc([N+](=O)[O-])cc2)[C@H]1c1ccccc1.COC(=O)[C@H]1CCN(S(=O)(=O)c2ccc([N+](=O)[O-])cc2)[C@@H]1c1ccccc1. The lowest BCUT2D eigenvalue weighted by Crippen LogP contribution is -2.34. The fourth-order valence-electron chi connectivity index (χ4n) is 6.71. The zero-order valence-electron chi connectivity index (χ0n) is 29.0. The number of sulfonamides is 2. The first-order valence-electron chi connectivity index (χ1n) is 16.5. The zero-order chi connectivity index (χ0) is 39.2. The maximum absolute atomic E-state index is 13.2. The Morgan fingerprint density at radius 2 is 0.889 bits per heavy atom. The van der Waals surface area contributed by atoms with Gasteiger partial charge in [-0.2, -0.15) is 8.61 Å². The molecule has 2 heterocycles. The number of rotatable bonds is 10. The number of hydrogen-bond acceptors (Lipinski definition) is 12. The van der Waals surface area contributed by atoms with Crippen LogP contribution in [0.2, 0.25) is 0 Å². The molecule has 4 atom stereocenters. The Balaban J connectivity index is 0.000000208. The van der Waals surface area contributed by atoms with Crippen LogP contribution in [-0.4, -0.2) is 74.5 Å². The lowest BCUT2D eigenvalue weighted by atomic mass is 9.94. The molecule has 0 saturated carbocycles. The Bertz CT molecular complexity index is 2050. The second kappa shape index (κ2) is 16.6. The molecule has 4 aromatic rings. The van der Waals surface area contributed by atoms with Crippen molar-refractivity contribution in [2.45, 2.75) is 34.7 Å². The van der Waals surface area contributed by atoms with Crippen molar-refractivity contribution in [3.8, 4) is 0 Å². The van der Waals surface area contributed by atoms with Crippen molar-refractivity contribution >= 4 is 43.4 Å². The van der Waals surface area contributed by atoms with Crippen LogP contribution in [-0.2, 0) is 39.1 Å². The van der Waals surface area contributed by atoms with E-state index in [4.69, 9.17) is 9.47 Å². The molecule has 2 saturated heterocycles. The fraction of sp³-hybridized carbons (Fsp3) is 0.278. The normalized spacial score (nSPS) is 20.3. The van der Waals surface area contributed by atoms with Crippen LogP contribution in [0.3, 0.4) is 0 Å². The van der Waals surface area contributed by atoms with E-state index in [0.717, 1.165) is 24.3 Å². The number of ether oxygens (including phenoxy) is 2. The van der Waals surface area contributed by atoms with E-state index in [9.17, 15) is 46.7 Å². The first-order chi connectivity index (χ1) is 25.7. The Labute approximate surface area is 311 Å². The molecule has 2 aliphatic rings. The minimum Gasteiger partial charge on any atom is -0.469 e. The largest absolute Gasteiger partial charge is 0.469 e. The number of non-ortho nitro benzene ring substituents is 2. The molecule has 2 aliphatic heterocycles. The van der Waals surface area contributed by atoms with Crippen molar-refractivity contribution in [2.75, 3.05) is 27.3 Å². The molecule has 16 nitrogen and oxygen atoms in total. The highest BCUT2D eigenvalue weighted by Crippen LogP contribution is 2.43. The van der Waals surface area contributed by atoms with E-state index >= 15 is 0 Å². The molecule has 0 N–H and O–H groups in total. The second-order valence-corrected chi connectivity index (χ2v) is 16.1. The summed E-state index contributed by atoms with van der Waals surface area (Å²) in [6.07, 6.45) is 0.664. The van der Waals surface area contributed by atoms with Gasteiger partial charge in [0.15, 0.2) is 0 Å². The molecule has 0 radical (unpaired) electrons. The highest BCUT2D eigenvalue weighted by molar-refractivity contribution is 7.89. The number of esters is 2. The summed E-state index contributed by atoms with van der Waals surface area (Å²) in [6.45, 7) is 0.303. The Morgan fingerprint density at radius 1 is 0.574 bits per heavy atom. The molecular formula is C36H36N4O12S2. The third kappa shape index (κ3) is 8.15. The van der Waals surface area contributed by atoms with Gasteiger partial charge in [0, 0.05) is 37.4 Å². The van der Waals surface area contributed by atoms with Crippen molar-refractivity contribution in [1.82, 2.24) is 8.61 Å². The molecule has 284 valence electrons. The molecule has 2 fully saturated rings. The second-order valence-electron chi connectivity index (χ2n) is 12.3. The lowest BCUT2D eigenvalue weighted by Gasteiger charge is -2.27. The van der Waals surface area contributed by atoms with Gasteiger partial charge in [-0.1, -0.05) is 60.7 Å². The molecule has 0 unspecified atom stereocenters. The number of nitro benzene ring substituents is 2. The van der Waals surface area contributed by atoms with E-state index in [1.165, 1.54) is 47.1 Å². The number of carbonyl (C=O) groups is 2. The Kier molecular flexibility index (Phi) is 12.2. The molecule has 54 heavy (non-hydrogen) atoms. The van der Waals surface area contributed by atoms with Gasteiger partial charge >= 0.3 is 11.9 Å². The average molecular weight is 781 g/mol. The van der Waals surface area contributed by atoms with Crippen molar-refractivity contribution < 1.29 is 45.7 Å². The van der Waals surface area contributed by atoms with Crippen molar-refractivity contribution in [3.63, 3.8) is 0 Å². The molecule has 4 aromatic carbocycles. The van der Waals surface area contributed by atoms with E-state index in [1.54, 1.807) is 60.7 Å². The van der Waals surface area contributed by atoms with Crippen LogP contribution in [0.15, 0.2) is 119 Å². The van der Waals surface area contributed by atoms with Crippen LogP contribution in [0.5, 0.6) is 0 Å². The van der Waals surface area contributed by atoms with E-state index in [2.05, 4.69) is 0 Å². The summed E-state index contributed by atoms with van der Waals surface area (Å²) < 4.78 is 64.9. The number of benzene rings is 4. The van der Waals surface area contributed by atoms with Crippen molar-refractivity contribution in [3.05, 3.63) is 141 Å². The maximum Gasteiger partial charge on any atom is 0.310 e. The highest BCUT2D eigenvalue weighted by Gasteiger charge is 2.47. The topological polar surface area (TPSA) is 214 Å². The third-order valence-corrected chi connectivity index (χ3v) is 13.1. The van der Waals surface area contributed by atoms with Crippen LogP contribution < -0.4 is 0 Å². The summed E-state index contributed by atoms with van der Waals surface area (Å²) in [5.41, 5.74) is 0.997. The summed E-state index contributed by atoms with van der Waals surface area (Å²) in [5, 5.41) is 21.6. The average Bonchev–Trinajstić information content (AvgIpc) is 3.85. The summed E-state index contributed by atoms with van der Waals surface area (Å²) in [4.78, 5) is 44.7. The first-order valence-corrected chi connectivity index (χ1v) is 19.4. The van der Waals surface area contributed by atoms with Gasteiger partial charge in [0.1, 0.15) is 0 Å². The molecule has 0 aromatic heterocycles. The smallest absolute Gasteiger partial charge is 0.310 e.